The normalized spacial score (nSPS) is 11.0. The highest BCUT2D eigenvalue weighted by atomic mass is 35.5. The van der Waals surface area contributed by atoms with Gasteiger partial charge < -0.3 is 10.1 Å². The van der Waals surface area contributed by atoms with E-state index in [0.29, 0.717) is 31.9 Å². The molecule has 0 unspecified atom stereocenters. The van der Waals surface area contributed by atoms with Gasteiger partial charge in [0.2, 0.25) is 0 Å². The zero-order valence-electron chi connectivity index (χ0n) is 14.6. The molecule has 0 spiro atoms. The summed E-state index contributed by atoms with van der Waals surface area (Å²) in [4.78, 5) is 16.0. The minimum absolute atomic E-state index is 0.383. The van der Waals surface area contributed by atoms with E-state index >= 15 is 0 Å². The number of carbonyl (C=O) groups excluding carboxylic acids is 1. The van der Waals surface area contributed by atoms with Crippen LogP contribution in [0.3, 0.4) is 0 Å². The van der Waals surface area contributed by atoms with E-state index in [4.69, 9.17) is 23.2 Å². The first-order valence-corrected chi connectivity index (χ1v) is 9.62. The lowest BCUT2D eigenvalue weighted by Gasteiger charge is -2.03. The van der Waals surface area contributed by atoms with Crippen molar-refractivity contribution in [2.75, 3.05) is 12.4 Å². The molecule has 2 aromatic carbocycles. The smallest absolute Gasteiger partial charge is 0.337 e. The van der Waals surface area contributed by atoms with Crippen LogP contribution in [-0.4, -0.2) is 18.1 Å². The molecule has 3 rings (SSSR count). The van der Waals surface area contributed by atoms with Gasteiger partial charge in [0.15, 0.2) is 0 Å². The van der Waals surface area contributed by atoms with Gasteiger partial charge in [-0.3, -0.25) is 0 Å². The van der Waals surface area contributed by atoms with Gasteiger partial charge >= 0.3 is 5.97 Å². The predicted molar refractivity (Wildman–Crippen MR) is 113 cm³/mol. The highest BCUT2D eigenvalue weighted by Gasteiger charge is 2.10. The number of nitrogens with zero attached hydrogens (tertiary/aromatic N) is 2. The topological polar surface area (TPSA) is 75.0 Å². The molecule has 0 saturated carbocycles. The van der Waals surface area contributed by atoms with Crippen molar-refractivity contribution in [2.24, 2.45) is 0 Å². The summed E-state index contributed by atoms with van der Waals surface area (Å²) in [5, 5.41) is 15.9. The number of nitrogens with one attached hydrogen (secondary N) is 1. The molecule has 0 radical (unpaired) electrons. The maximum absolute atomic E-state index is 11.5. The number of methoxy groups -OCH3 is 1. The maximum atomic E-state index is 11.5. The number of ether oxygens (including phenoxy) is 1. The van der Waals surface area contributed by atoms with Gasteiger partial charge in [0.1, 0.15) is 16.6 Å². The van der Waals surface area contributed by atoms with Crippen molar-refractivity contribution in [1.82, 2.24) is 4.98 Å². The van der Waals surface area contributed by atoms with Crippen molar-refractivity contribution in [3.05, 3.63) is 74.7 Å². The van der Waals surface area contributed by atoms with Crippen LogP contribution < -0.4 is 5.32 Å². The Hall–Kier alpha value is -2.85. The Morgan fingerprint density at radius 3 is 2.61 bits per heavy atom. The van der Waals surface area contributed by atoms with E-state index in [2.05, 4.69) is 21.1 Å². The number of carbonyl (C=O) groups is 1. The molecule has 140 valence electrons. The monoisotopic (exact) mass is 429 g/mol. The van der Waals surface area contributed by atoms with Gasteiger partial charge in [0, 0.05) is 22.8 Å². The van der Waals surface area contributed by atoms with Crippen molar-refractivity contribution in [2.45, 2.75) is 0 Å². The minimum atomic E-state index is -0.405. The molecule has 0 saturated heterocycles. The Kier molecular flexibility index (Phi) is 6.32. The second-order valence-electron chi connectivity index (χ2n) is 5.55. The van der Waals surface area contributed by atoms with Crippen LogP contribution in [0.5, 0.6) is 0 Å². The van der Waals surface area contributed by atoms with E-state index in [1.165, 1.54) is 18.4 Å². The molecule has 0 amide bonds. The number of aromatic nitrogens is 1. The quantitative estimate of drug-likeness (QED) is 0.404. The van der Waals surface area contributed by atoms with Crippen LogP contribution >= 0.6 is 34.5 Å². The van der Waals surface area contributed by atoms with Crippen molar-refractivity contribution >= 4 is 51.8 Å². The lowest BCUT2D eigenvalue weighted by atomic mass is 10.2. The van der Waals surface area contributed by atoms with E-state index in [1.807, 2.05) is 11.4 Å². The number of hydrogen-bond acceptors (Lipinski definition) is 6. The third-order valence-electron chi connectivity index (χ3n) is 3.76. The zero-order chi connectivity index (χ0) is 20.1. The molecule has 1 heterocycles. The summed E-state index contributed by atoms with van der Waals surface area (Å²) in [5.41, 5.74) is 3.08. The van der Waals surface area contributed by atoms with Gasteiger partial charge in [-0.15, -0.1) is 11.3 Å². The van der Waals surface area contributed by atoms with Crippen molar-refractivity contribution < 1.29 is 9.53 Å². The summed E-state index contributed by atoms with van der Waals surface area (Å²) in [6, 6.07) is 14.1. The molecule has 0 aliphatic carbocycles. The predicted octanol–water partition coefficient (Wildman–Crippen LogP) is 5.88. The number of halogens is 2. The van der Waals surface area contributed by atoms with Crippen LogP contribution in [0.25, 0.3) is 16.8 Å². The van der Waals surface area contributed by atoms with Crippen LogP contribution in [0.1, 0.15) is 15.4 Å². The number of nitriles is 1. The summed E-state index contributed by atoms with van der Waals surface area (Å²) < 4.78 is 4.67. The first-order valence-electron chi connectivity index (χ1n) is 7.98. The average Bonchev–Trinajstić information content (AvgIpc) is 3.20. The number of rotatable bonds is 5. The summed E-state index contributed by atoms with van der Waals surface area (Å²) in [6.45, 7) is 0. The van der Waals surface area contributed by atoms with E-state index in [1.54, 1.807) is 42.6 Å². The van der Waals surface area contributed by atoms with Crippen molar-refractivity contribution in [3.8, 4) is 17.3 Å². The van der Waals surface area contributed by atoms with Crippen LogP contribution in [0.4, 0.5) is 5.69 Å². The van der Waals surface area contributed by atoms with Crippen molar-refractivity contribution in [1.29, 1.82) is 5.26 Å². The molecule has 0 atom stereocenters. The van der Waals surface area contributed by atoms with Gasteiger partial charge in [0.25, 0.3) is 0 Å². The van der Waals surface area contributed by atoms with E-state index in [9.17, 15) is 10.1 Å². The fourth-order valence-corrected chi connectivity index (χ4v) is 3.40. The first-order chi connectivity index (χ1) is 13.5. The standard InChI is InChI=1S/C20H13Cl2N3O2S/c1-27-20(26)12-2-5-15(6-3-12)24-10-14(9-23)19-25-18(11-28-19)13-4-7-16(21)17(22)8-13/h2-8,10-11,24H,1H3. The fourth-order valence-electron chi connectivity index (χ4n) is 2.30. The van der Waals surface area contributed by atoms with E-state index in [0.717, 1.165) is 11.3 Å². The molecule has 0 aliphatic heterocycles. The van der Waals surface area contributed by atoms with Crippen LogP contribution in [0.2, 0.25) is 10.0 Å². The lowest BCUT2D eigenvalue weighted by Crippen LogP contribution is -2.00. The summed E-state index contributed by atoms with van der Waals surface area (Å²) in [5.74, 6) is -0.405. The van der Waals surface area contributed by atoms with Gasteiger partial charge in [-0.2, -0.15) is 5.26 Å². The molecule has 0 fully saturated rings. The molecule has 28 heavy (non-hydrogen) atoms. The fraction of sp³-hybridized carbons (Fsp3) is 0.0500. The Labute approximate surface area is 175 Å². The van der Waals surface area contributed by atoms with Crippen LogP contribution in [0.15, 0.2) is 54.0 Å². The Balaban J connectivity index is 1.78. The third-order valence-corrected chi connectivity index (χ3v) is 5.37. The second kappa shape index (κ2) is 8.89. The van der Waals surface area contributed by atoms with Gasteiger partial charge in [-0.05, 0) is 36.4 Å². The van der Waals surface area contributed by atoms with E-state index in [-0.39, 0.29) is 0 Å². The average molecular weight is 430 g/mol. The minimum Gasteiger partial charge on any atom is -0.465 e. The van der Waals surface area contributed by atoms with Crippen molar-refractivity contribution in [3.63, 3.8) is 0 Å². The maximum Gasteiger partial charge on any atom is 0.337 e. The highest BCUT2D eigenvalue weighted by molar-refractivity contribution is 7.11. The summed E-state index contributed by atoms with van der Waals surface area (Å²) in [7, 11) is 1.33. The summed E-state index contributed by atoms with van der Waals surface area (Å²) >= 11 is 13.4. The Bertz CT molecular complexity index is 1090. The number of allylic oxidation sites excluding steroid dienone is 1. The van der Waals surface area contributed by atoms with Gasteiger partial charge in [0.05, 0.1) is 28.4 Å². The Morgan fingerprint density at radius 1 is 1.21 bits per heavy atom. The number of anilines is 1. The molecule has 8 heteroatoms. The van der Waals surface area contributed by atoms with E-state index < -0.39 is 5.97 Å². The lowest BCUT2D eigenvalue weighted by molar-refractivity contribution is 0.0601. The molecular weight excluding hydrogens is 417 g/mol. The largest absolute Gasteiger partial charge is 0.465 e. The molecular formula is C20H13Cl2N3O2S. The molecule has 1 N–H and O–H groups in total. The first kappa shape index (κ1) is 19.9. The second-order valence-corrected chi connectivity index (χ2v) is 7.22. The zero-order valence-corrected chi connectivity index (χ0v) is 16.9. The number of esters is 1. The third kappa shape index (κ3) is 4.52. The molecule has 5 nitrogen and oxygen atoms in total. The number of benzene rings is 2. The number of thiazole rings is 1. The molecule has 1 aromatic heterocycles. The van der Waals surface area contributed by atoms with Gasteiger partial charge in [-0.1, -0.05) is 29.3 Å². The van der Waals surface area contributed by atoms with Gasteiger partial charge in [-0.25, -0.2) is 9.78 Å². The molecule has 3 aromatic rings. The summed E-state index contributed by atoms with van der Waals surface area (Å²) in [6.07, 6.45) is 1.57. The van der Waals surface area contributed by atoms with Crippen LogP contribution in [-0.2, 0) is 4.74 Å². The number of hydrogen-bond donors (Lipinski definition) is 1. The SMILES string of the molecule is COC(=O)c1ccc(NC=C(C#N)c2nc(-c3ccc(Cl)c(Cl)c3)cs2)cc1. The van der Waals surface area contributed by atoms with Crippen LogP contribution in [0, 0.1) is 11.3 Å². The molecule has 0 bridgehead atoms. The highest BCUT2D eigenvalue weighted by Crippen LogP contribution is 2.30. The molecule has 0 aliphatic rings. The Morgan fingerprint density at radius 2 is 1.96 bits per heavy atom.